The SMILES string of the molecule is Cc1ccc(Nc2nc3ccccc3cc2C#N)cc1F. The molecule has 3 nitrogen and oxygen atoms in total. The second kappa shape index (κ2) is 5.22. The average Bonchev–Trinajstić information content (AvgIpc) is 2.50. The fourth-order valence-electron chi connectivity index (χ4n) is 2.10. The largest absolute Gasteiger partial charge is 0.339 e. The molecule has 0 amide bonds. The molecule has 3 aromatic rings. The molecule has 21 heavy (non-hydrogen) atoms. The van der Waals surface area contributed by atoms with Crippen molar-refractivity contribution in [3.8, 4) is 6.07 Å². The first-order valence-electron chi connectivity index (χ1n) is 6.50. The van der Waals surface area contributed by atoms with E-state index in [1.165, 1.54) is 6.07 Å². The third kappa shape index (κ3) is 2.54. The Morgan fingerprint density at radius 1 is 1.14 bits per heavy atom. The standard InChI is InChI=1S/C17H12FN3/c1-11-6-7-14(9-15(11)18)20-17-13(10-19)8-12-4-2-3-5-16(12)21-17/h2-9H,1H3,(H,20,21). The number of aryl methyl sites for hydroxylation is 1. The van der Waals surface area contributed by atoms with Crippen molar-refractivity contribution in [1.82, 2.24) is 4.98 Å². The fraction of sp³-hybridized carbons (Fsp3) is 0.0588. The summed E-state index contributed by atoms with van der Waals surface area (Å²) < 4.78 is 13.6. The predicted molar refractivity (Wildman–Crippen MR) is 80.9 cm³/mol. The summed E-state index contributed by atoms with van der Waals surface area (Å²) in [6.45, 7) is 1.70. The molecule has 0 atom stereocenters. The van der Waals surface area contributed by atoms with Crippen LogP contribution in [0.1, 0.15) is 11.1 Å². The van der Waals surface area contributed by atoms with Crippen molar-refractivity contribution in [2.75, 3.05) is 5.32 Å². The van der Waals surface area contributed by atoms with E-state index in [4.69, 9.17) is 0 Å². The van der Waals surface area contributed by atoms with Crippen LogP contribution in [0.5, 0.6) is 0 Å². The second-order valence-electron chi connectivity index (χ2n) is 4.78. The fourth-order valence-corrected chi connectivity index (χ4v) is 2.10. The van der Waals surface area contributed by atoms with Gasteiger partial charge in [-0.25, -0.2) is 9.37 Å². The lowest BCUT2D eigenvalue weighted by Gasteiger charge is -2.09. The van der Waals surface area contributed by atoms with Gasteiger partial charge in [-0.2, -0.15) is 5.26 Å². The lowest BCUT2D eigenvalue weighted by Crippen LogP contribution is -1.98. The minimum atomic E-state index is -0.292. The number of nitriles is 1. The van der Waals surface area contributed by atoms with Gasteiger partial charge in [-0.15, -0.1) is 0 Å². The van der Waals surface area contributed by atoms with Crippen molar-refractivity contribution in [2.24, 2.45) is 0 Å². The molecule has 0 aliphatic heterocycles. The van der Waals surface area contributed by atoms with Crippen molar-refractivity contribution < 1.29 is 4.39 Å². The summed E-state index contributed by atoms with van der Waals surface area (Å²) in [7, 11) is 0. The van der Waals surface area contributed by atoms with E-state index in [0.29, 0.717) is 22.6 Å². The maximum atomic E-state index is 13.6. The van der Waals surface area contributed by atoms with E-state index in [1.807, 2.05) is 24.3 Å². The normalized spacial score (nSPS) is 10.3. The quantitative estimate of drug-likeness (QED) is 0.759. The zero-order valence-electron chi connectivity index (χ0n) is 11.4. The number of hydrogen-bond donors (Lipinski definition) is 1. The molecule has 0 bridgehead atoms. The Labute approximate surface area is 121 Å². The van der Waals surface area contributed by atoms with Crippen molar-refractivity contribution in [1.29, 1.82) is 5.26 Å². The lowest BCUT2D eigenvalue weighted by molar-refractivity contribution is 0.619. The van der Waals surface area contributed by atoms with E-state index in [-0.39, 0.29) is 5.82 Å². The number of hydrogen-bond acceptors (Lipinski definition) is 3. The van der Waals surface area contributed by atoms with Crippen LogP contribution >= 0.6 is 0 Å². The third-order valence-corrected chi connectivity index (χ3v) is 3.28. The minimum absolute atomic E-state index is 0.292. The molecule has 1 heterocycles. The first-order chi connectivity index (χ1) is 10.2. The highest BCUT2D eigenvalue weighted by atomic mass is 19.1. The van der Waals surface area contributed by atoms with Crippen molar-refractivity contribution in [3.05, 3.63) is 65.5 Å². The Hall–Kier alpha value is -2.93. The van der Waals surface area contributed by atoms with E-state index in [1.54, 1.807) is 25.1 Å². The highest BCUT2D eigenvalue weighted by Gasteiger charge is 2.08. The zero-order valence-corrected chi connectivity index (χ0v) is 11.4. The molecule has 0 aliphatic carbocycles. The number of rotatable bonds is 2. The van der Waals surface area contributed by atoms with Crippen LogP contribution < -0.4 is 5.32 Å². The van der Waals surface area contributed by atoms with Crippen molar-refractivity contribution in [2.45, 2.75) is 6.92 Å². The number of pyridine rings is 1. The van der Waals surface area contributed by atoms with Gasteiger partial charge in [0.2, 0.25) is 0 Å². The van der Waals surface area contributed by atoms with Gasteiger partial charge in [-0.1, -0.05) is 24.3 Å². The van der Waals surface area contributed by atoms with E-state index >= 15 is 0 Å². The Kier molecular flexibility index (Phi) is 3.25. The third-order valence-electron chi connectivity index (χ3n) is 3.28. The molecule has 2 aromatic carbocycles. The molecule has 0 radical (unpaired) electrons. The van der Waals surface area contributed by atoms with Gasteiger partial charge in [0, 0.05) is 11.1 Å². The number of benzene rings is 2. The number of nitrogens with one attached hydrogen (secondary N) is 1. The van der Waals surface area contributed by atoms with Gasteiger partial charge in [0.25, 0.3) is 0 Å². The van der Waals surface area contributed by atoms with Gasteiger partial charge in [-0.05, 0) is 36.8 Å². The molecular formula is C17H12FN3. The van der Waals surface area contributed by atoms with Crippen LogP contribution in [0.15, 0.2) is 48.5 Å². The van der Waals surface area contributed by atoms with Crippen LogP contribution in [0.25, 0.3) is 10.9 Å². The lowest BCUT2D eigenvalue weighted by atomic mass is 10.1. The molecule has 3 rings (SSSR count). The average molecular weight is 277 g/mol. The van der Waals surface area contributed by atoms with Gasteiger partial charge in [-0.3, -0.25) is 0 Å². The van der Waals surface area contributed by atoms with E-state index < -0.39 is 0 Å². The summed E-state index contributed by atoms with van der Waals surface area (Å²) in [6.07, 6.45) is 0. The molecule has 102 valence electrons. The summed E-state index contributed by atoms with van der Waals surface area (Å²) in [5.41, 5.74) is 2.35. The molecule has 0 spiro atoms. The van der Waals surface area contributed by atoms with Crippen molar-refractivity contribution >= 4 is 22.4 Å². The van der Waals surface area contributed by atoms with E-state index in [0.717, 1.165) is 10.9 Å². The van der Waals surface area contributed by atoms with Crippen LogP contribution in [0.3, 0.4) is 0 Å². The highest BCUT2D eigenvalue weighted by Crippen LogP contribution is 2.24. The van der Waals surface area contributed by atoms with Crippen LogP contribution in [-0.4, -0.2) is 4.98 Å². The summed E-state index contributed by atoms with van der Waals surface area (Å²) in [5.74, 6) is 0.138. The second-order valence-corrected chi connectivity index (χ2v) is 4.78. The molecular weight excluding hydrogens is 265 g/mol. The van der Waals surface area contributed by atoms with Crippen LogP contribution in [0.4, 0.5) is 15.9 Å². The molecule has 0 fully saturated rings. The maximum absolute atomic E-state index is 13.6. The maximum Gasteiger partial charge on any atom is 0.149 e. The number of anilines is 2. The van der Waals surface area contributed by atoms with Gasteiger partial charge >= 0.3 is 0 Å². The van der Waals surface area contributed by atoms with Gasteiger partial charge < -0.3 is 5.32 Å². The predicted octanol–water partition coefficient (Wildman–Crippen LogP) is 4.30. The summed E-state index contributed by atoms with van der Waals surface area (Å²) >= 11 is 0. The monoisotopic (exact) mass is 277 g/mol. The van der Waals surface area contributed by atoms with Crippen molar-refractivity contribution in [3.63, 3.8) is 0 Å². The first-order valence-corrected chi connectivity index (χ1v) is 6.50. The van der Waals surface area contributed by atoms with Gasteiger partial charge in [0.15, 0.2) is 0 Å². The van der Waals surface area contributed by atoms with Crippen LogP contribution in [-0.2, 0) is 0 Å². The molecule has 0 saturated heterocycles. The number of nitrogens with zero attached hydrogens (tertiary/aromatic N) is 2. The number of halogens is 1. The first kappa shape index (κ1) is 13.1. The smallest absolute Gasteiger partial charge is 0.149 e. The van der Waals surface area contributed by atoms with Crippen LogP contribution in [0.2, 0.25) is 0 Å². The topological polar surface area (TPSA) is 48.7 Å². The Balaban J connectivity index is 2.06. The summed E-state index contributed by atoms with van der Waals surface area (Å²) in [6, 6.07) is 16.3. The highest BCUT2D eigenvalue weighted by molar-refractivity contribution is 5.83. The Bertz CT molecular complexity index is 866. The Morgan fingerprint density at radius 3 is 2.71 bits per heavy atom. The van der Waals surface area contributed by atoms with Gasteiger partial charge in [0.05, 0.1) is 11.1 Å². The number of fused-ring (bicyclic) bond motifs is 1. The molecule has 4 heteroatoms. The number of para-hydroxylation sites is 1. The molecule has 0 aliphatic rings. The molecule has 0 saturated carbocycles. The summed E-state index contributed by atoms with van der Waals surface area (Å²) in [5, 5.41) is 13.2. The van der Waals surface area contributed by atoms with Gasteiger partial charge in [0.1, 0.15) is 17.7 Å². The number of aromatic nitrogens is 1. The molecule has 0 unspecified atom stereocenters. The minimum Gasteiger partial charge on any atom is -0.339 e. The summed E-state index contributed by atoms with van der Waals surface area (Å²) in [4.78, 5) is 4.44. The van der Waals surface area contributed by atoms with E-state index in [2.05, 4.69) is 16.4 Å². The van der Waals surface area contributed by atoms with E-state index in [9.17, 15) is 9.65 Å². The van der Waals surface area contributed by atoms with Crippen LogP contribution in [0, 0.1) is 24.1 Å². The molecule has 1 aromatic heterocycles. The molecule has 1 N–H and O–H groups in total. The Morgan fingerprint density at radius 2 is 1.95 bits per heavy atom. The zero-order chi connectivity index (χ0) is 14.8.